The highest BCUT2D eigenvalue weighted by atomic mass is 35.5. The molecule has 2 atom stereocenters. The second-order valence-electron chi connectivity index (χ2n) is 4.28. The number of hydrogen-bond acceptors (Lipinski definition) is 3. The van der Waals surface area contributed by atoms with Gasteiger partial charge in [0.1, 0.15) is 11.9 Å². The molecule has 0 saturated carbocycles. The van der Waals surface area contributed by atoms with Crippen LogP contribution in [0.5, 0.6) is 0 Å². The largest absolute Gasteiger partial charge is 0.381 e. The van der Waals surface area contributed by atoms with E-state index in [4.69, 9.17) is 11.6 Å². The number of carbonyl (C=O) groups excluding carboxylic acids is 2. The van der Waals surface area contributed by atoms with Crippen molar-refractivity contribution < 1.29 is 14.7 Å². The Labute approximate surface area is 106 Å². The number of Topliss-reactive ketones (excluding diaryl/α,β-unsaturated/α-hetero) is 1. The summed E-state index contributed by atoms with van der Waals surface area (Å²) in [5, 5.41) is 11.1. The Kier molecular flexibility index (Phi) is 4.28. The van der Waals surface area contributed by atoms with Crippen molar-refractivity contribution in [1.29, 1.82) is 0 Å². The fourth-order valence-corrected chi connectivity index (χ4v) is 2.34. The minimum atomic E-state index is -1.64. The Balaban J connectivity index is 3.21. The number of allylic oxidation sites excluding steroid dienone is 3. The van der Waals surface area contributed by atoms with Crippen LogP contribution in [-0.4, -0.2) is 22.8 Å². The molecule has 0 aliphatic heterocycles. The molecule has 0 fully saturated rings. The summed E-state index contributed by atoms with van der Waals surface area (Å²) in [5.41, 5.74) is -2.83. The summed E-state index contributed by atoms with van der Waals surface area (Å²) in [5.74, 6) is -0.317. The molecule has 0 aromatic heterocycles. The van der Waals surface area contributed by atoms with Crippen LogP contribution in [0.1, 0.15) is 33.1 Å². The molecule has 0 aromatic carbocycles. The number of aldehydes is 1. The second-order valence-corrected chi connectivity index (χ2v) is 4.71. The smallest absolute Gasteiger partial charge is 0.165 e. The Hall–Kier alpha value is -0.930. The average molecular weight is 257 g/mol. The summed E-state index contributed by atoms with van der Waals surface area (Å²) < 4.78 is 0. The fraction of sp³-hybridized carbons (Fsp3) is 0.538. The zero-order chi connectivity index (χ0) is 13.1. The van der Waals surface area contributed by atoms with Crippen molar-refractivity contribution in [3.8, 4) is 0 Å². The Morgan fingerprint density at radius 1 is 1.65 bits per heavy atom. The van der Waals surface area contributed by atoms with Gasteiger partial charge in [0.2, 0.25) is 0 Å². The molecule has 0 amide bonds. The van der Waals surface area contributed by atoms with E-state index >= 15 is 0 Å². The van der Waals surface area contributed by atoms with Crippen molar-refractivity contribution in [1.82, 2.24) is 0 Å². The Bertz CT molecular complexity index is 386. The first-order valence-electron chi connectivity index (χ1n) is 5.72. The van der Waals surface area contributed by atoms with Crippen LogP contribution < -0.4 is 0 Å². The first-order chi connectivity index (χ1) is 7.95. The zero-order valence-corrected chi connectivity index (χ0v) is 10.8. The van der Waals surface area contributed by atoms with E-state index in [-0.39, 0.29) is 25.0 Å². The van der Waals surface area contributed by atoms with E-state index < -0.39 is 11.0 Å². The normalized spacial score (nSPS) is 27.2. The predicted molar refractivity (Wildman–Crippen MR) is 66.7 cm³/mol. The van der Waals surface area contributed by atoms with Gasteiger partial charge in [-0.15, -0.1) is 0 Å². The molecule has 1 aliphatic rings. The van der Waals surface area contributed by atoms with Gasteiger partial charge >= 0.3 is 0 Å². The lowest BCUT2D eigenvalue weighted by atomic mass is 9.65. The van der Waals surface area contributed by atoms with E-state index in [2.05, 4.69) is 0 Å². The molecule has 0 heterocycles. The summed E-state index contributed by atoms with van der Waals surface area (Å²) in [6.45, 7) is 3.38. The summed E-state index contributed by atoms with van der Waals surface area (Å²) in [6.07, 6.45) is 6.06. The number of carbonyl (C=O) groups is 2. The molecule has 3 nitrogen and oxygen atoms in total. The van der Waals surface area contributed by atoms with Gasteiger partial charge in [-0.3, -0.25) is 4.79 Å². The summed E-state index contributed by atoms with van der Waals surface area (Å²) >= 11 is 5.80. The van der Waals surface area contributed by atoms with Crippen LogP contribution in [-0.2, 0) is 9.59 Å². The van der Waals surface area contributed by atoms with Crippen LogP contribution >= 0.6 is 11.6 Å². The molecule has 4 heteroatoms. The molecule has 0 bridgehead atoms. The molecule has 1 N–H and O–H groups in total. The van der Waals surface area contributed by atoms with Crippen molar-refractivity contribution in [2.45, 2.75) is 38.7 Å². The molecule has 0 spiro atoms. The van der Waals surface area contributed by atoms with Gasteiger partial charge < -0.3 is 9.90 Å². The van der Waals surface area contributed by atoms with Gasteiger partial charge in [0.25, 0.3) is 0 Å². The molecular weight excluding hydrogens is 240 g/mol. The van der Waals surface area contributed by atoms with E-state index in [0.717, 1.165) is 0 Å². The van der Waals surface area contributed by atoms with E-state index in [1.165, 1.54) is 0 Å². The molecule has 1 aliphatic carbocycles. The third-order valence-corrected chi connectivity index (χ3v) is 3.73. The van der Waals surface area contributed by atoms with Crippen LogP contribution in [0, 0.1) is 5.41 Å². The monoisotopic (exact) mass is 256 g/mol. The van der Waals surface area contributed by atoms with Gasteiger partial charge in [0.15, 0.2) is 5.78 Å². The highest BCUT2D eigenvalue weighted by molar-refractivity contribution is 6.31. The van der Waals surface area contributed by atoms with Crippen molar-refractivity contribution in [3.05, 3.63) is 23.3 Å². The lowest BCUT2D eigenvalue weighted by molar-refractivity contribution is -0.154. The van der Waals surface area contributed by atoms with Gasteiger partial charge in [-0.25, -0.2) is 0 Å². The fourth-order valence-electron chi connectivity index (χ4n) is 2.20. The third kappa shape index (κ3) is 2.22. The van der Waals surface area contributed by atoms with Gasteiger partial charge in [0.05, 0.1) is 5.41 Å². The lowest BCUT2D eigenvalue weighted by Crippen LogP contribution is -2.54. The first kappa shape index (κ1) is 14.1. The SMILES string of the molecule is CCC(=O)C(O)(CC)C1(C=O)C=CC(Cl)=CC1. The van der Waals surface area contributed by atoms with Crippen LogP contribution in [0.2, 0.25) is 0 Å². The zero-order valence-electron chi connectivity index (χ0n) is 10.1. The molecule has 0 saturated heterocycles. The first-order valence-corrected chi connectivity index (χ1v) is 6.10. The molecule has 17 heavy (non-hydrogen) atoms. The summed E-state index contributed by atoms with van der Waals surface area (Å²) in [4.78, 5) is 23.3. The van der Waals surface area contributed by atoms with Crippen LogP contribution in [0.15, 0.2) is 23.3 Å². The Morgan fingerprint density at radius 2 is 2.29 bits per heavy atom. The summed E-state index contributed by atoms with van der Waals surface area (Å²) in [7, 11) is 0. The van der Waals surface area contributed by atoms with Gasteiger partial charge in [0, 0.05) is 11.5 Å². The van der Waals surface area contributed by atoms with E-state index in [9.17, 15) is 14.7 Å². The minimum Gasteiger partial charge on any atom is -0.381 e. The summed E-state index contributed by atoms with van der Waals surface area (Å²) in [6, 6.07) is 0. The maximum Gasteiger partial charge on any atom is 0.165 e. The number of rotatable bonds is 5. The van der Waals surface area contributed by atoms with Gasteiger partial charge in [-0.1, -0.05) is 37.6 Å². The molecular formula is C13H17ClO3. The predicted octanol–water partition coefficient (Wildman–Crippen LogP) is 2.37. The standard InChI is InChI=1S/C13H17ClO3/c1-3-11(16)13(17,4-2)12(9-15)7-5-10(14)6-8-12/h5-7,9,17H,3-4,8H2,1-2H3. The lowest BCUT2D eigenvalue weighted by Gasteiger charge is -2.40. The average Bonchev–Trinajstić information content (AvgIpc) is 2.38. The third-order valence-electron chi connectivity index (χ3n) is 3.45. The Morgan fingerprint density at radius 3 is 2.65 bits per heavy atom. The highest BCUT2D eigenvalue weighted by Crippen LogP contribution is 2.42. The van der Waals surface area contributed by atoms with Crippen LogP contribution in [0.3, 0.4) is 0 Å². The minimum absolute atomic E-state index is 0.200. The molecule has 1 rings (SSSR count). The van der Waals surface area contributed by atoms with E-state index in [1.54, 1.807) is 32.1 Å². The van der Waals surface area contributed by atoms with Gasteiger partial charge in [-0.05, 0) is 18.9 Å². The van der Waals surface area contributed by atoms with Crippen molar-refractivity contribution >= 4 is 23.7 Å². The van der Waals surface area contributed by atoms with E-state index in [1.807, 2.05) is 0 Å². The highest BCUT2D eigenvalue weighted by Gasteiger charge is 2.52. The van der Waals surface area contributed by atoms with Gasteiger partial charge in [-0.2, -0.15) is 0 Å². The number of halogens is 1. The number of aliphatic hydroxyl groups is 1. The molecule has 0 aromatic rings. The molecule has 0 radical (unpaired) electrons. The molecule has 2 unspecified atom stereocenters. The van der Waals surface area contributed by atoms with Crippen molar-refractivity contribution in [2.75, 3.05) is 0 Å². The number of ketones is 1. The second kappa shape index (κ2) is 5.15. The molecule has 94 valence electrons. The van der Waals surface area contributed by atoms with Crippen LogP contribution in [0.4, 0.5) is 0 Å². The number of hydrogen-bond donors (Lipinski definition) is 1. The topological polar surface area (TPSA) is 54.4 Å². The van der Waals surface area contributed by atoms with E-state index in [0.29, 0.717) is 11.3 Å². The van der Waals surface area contributed by atoms with Crippen LogP contribution in [0.25, 0.3) is 0 Å². The maximum atomic E-state index is 11.9. The van der Waals surface area contributed by atoms with Crippen molar-refractivity contribution in [3.63, 3.8) is 0 Å². The van der Waals surface area contributed by atoms with Crippen molar-refractivity contribution in [2.24, 2.45) is 5.41 Å². The quantitative estimate of drug-likeness (QED) is 0.769. The maximum absolute atomic E-state index is 11.9.